The van der Waals surface area contributed by atoms with Crippen molar-refractivity contribution < 1.29 is 4.92 Å². The third-order valence-corrected chi connectivity index (χ3v) is 2.77. The molecule has 94 valence electrons. The van der Waals surface area contributed by atoms with Crippen LogP contribution in [-0.2, 0) is 0 Å². The van der Waals surface area contributed by atoms with Gasteiger partial charge in [-0.1, -0.05) is 11.6 Å². The van der Waals surface area contributed by atoms with E-state index in [9.17, 15) is 10.1 Å². The van der Waals surface area contributed by atoms with E-state index in [1.165, 1.54) is 16.6 Å². The number of non-ortho nitro benzene ring substituents is 1. The molecule has 0 unspecified atom stereocenters. The topological polar surface area (TPSA) is 86.2 Å². The van der Waals surface area contributed by atoms with Gasteiger partial charge in [0, 0.05) is 17.7 Å². The lowest BCUT2D eigenvalue weighted by Crippen LogP contribution is -1.95. The first-order valence-corrected chi connectivity index (χ1v) is 5.66. The summed E-state index contributed by atoms with van der Waals surface area (Å²) in [5, 5.41) is 23.0. The second-order valence-corrected chi connectivity index (χ2v) is 4.14. The first-order valence-electron chi connectivity index (χ1n) is 5.28. The Labute approximate surface area is 111 Å². The second-order valence-electron chi connectivity index (χ2n) is 3.75. The maximum Gasteiger partial charge on any atom is 0.269 e. The molecule has 0 aliphatic heterocycles. The van der Waals surface area contributed by atoms with E-state index in [0.29, 0.717) is 22.2 Å². The van der Waals surface area contributed by atoms with Crippen molar-refractivity contribution in [1.82, 2.24) is 19.8 Å². The fourth-order valence-electron chi connectivity index (χ4n) is 1.68. The molecular formula is C11H6ClN5O2. The number of halogens is 1. The molecule has 8 heteroatoms. The average molecular weight is 276 g/mol. The highest BCUT2D eigenvalue weighted by Crippen LogP contribution is 2.21. The van der Waals surface area contributed by atoms with E-state index < -0.39 is 4.92 Å². The average Bonchev–Trinajstić information content (AvgIpc) is 2.81. The zero-order valence-corrected chi connectivity index (χ0v) is 10.2. The van der Waals surface area contributed by atoms with Gasteiger partial charge in [-0.15, -0.1) is 10.2 Å². The van der Waals surface area contributed by atoms with Gasteiger partial charge < -0.3 is 0 Å². The van der Waals surface area contributed by atoms with Gasteiger partial charge in [-0.25, -0.2) is 0 Å². The molecule has 0 spiro atoms. The molecule has 0 fully saturated rings. The second kappa shape index (κ2) is 4.29. The Morgan fingerprint density at radius 3 is 2.53 bits per heavy atom. The van der Waals surface area contributed by atoms with Crippen LogP contribution < -0.4 is 0 Å². The van der Waals surface area contributed by atoms with Crippen molar-refractivity contribution in [2.24, 2.45) is 0 Å². The summed E-state index contributed by atoms with van der Waals surface area (Å²) in [4.78, 5) is 10.1. The number of fused-ring (bicyclic) bond motifs is 1. The Morgan fingerprint density at radius 2 is 1.84 bits per heavy atom. The number of aromatic nitrogens is 4. The Morgan fingerprint density at radius 1 is 1.11 bits per heavy atom. The van der Waals surface area contributed by atoms with Crippen LogP contribution in [0.15, 0.2) is 36.4 Å². The van der Waals surface area contributed by atoms with E-state index in [-0.39, 0.29) is 5.69 Å². The van der Waals surface area contributed by atoms with Crippen molar-refractivity contribution >= 4 is 22.9 Å². The molecule has 0 aliphatic rings. The molecule has 2 heterocycles. The maximum atomic E-state index is 10.6. The van der Waals surface area contributed by atoms with Crippen molar-refractivity contribution in [3.05, 3.63) is 51.7 Å². The molecule has 1 aromatic carbocycles. The van der Waals surface area contributed by atoms with Crippen LogP contribution in [0, 0.1) is 10.1 Å². The molecule has 0 N–H and O–H groups in total. The number of nitro groups is 1. The number of rotatable bonds is 2. The quantitative estimate of drug-likeness (QED) is 0.529. The van der Waals surface area contributed by atoms with Crippen molar-refractivity contribution in [3.8, 4) is 11.4 Å². The van der Waals surface area contributed by atoms with Gasteiger partial charge in [-0.2, -0.15) is 9.61 Å². The van der Waals surface area contributed by atoms with E-state index in [1.807, 2.05) is 0 Å². The highest BCUT2D eigenvalue weighted by atomic mass is 35.5. The van der Waals surface area contributed by atoms with Crippen LogP contribution in [0.5, 0.6) is 0 Å². The molecule has 0 bridgehead atoms. The zero-order valence-electron chi connectivity index (χ0n) is 9.39. The van der Waals surface area contributed by atoms with Crippen LogP contribution in [0.2, 0.25) is 5.15 Å². The molecule has 19 heavy (non-hydrogen) atoms. The Hall–Kier alpha value is -2.54. The van der Waals surface area contributed by atoms with Crippen LogP contribution in [0.1, 0.15) is 0 Å². The monoisotopic (exact) mass is 275 g/mol. The summed E-state index contributed by atoms with van der Waals surface area (Å²) < 4.78 is 1.49. The Balaban J connectivity index is 2.13. The van der Waals surface area contributed by atoms with Crippen LogP contribution in [0.25, 0.3) is 17.0 Å². The predicted octanol–water partition coefficient (Wildman–Crippen LogP) is 2.35. The lowest BCUT2D eigenvalue weighted by molar-refractivity contribution is -0.384. The molecule has 2 aromatic heterocycles. The minimum Gasteiger partial charge on any atom is -0.258 e. The summed E-state index contributed by atoms with van der Waals surface area (Å²) >= 11 is 5.83. The normalized spacial score (nSPS) is 10.8. The summed E-state index contributed by atoms with van der Waals surface area (Å²) in [5.74, 6) is 0.479. The molecule has 0 atom stereocenters. The number of hydrogen-bond donors (Lipinski definition) is 0. The predicted molar refractivity (Wildman–Crippen MR) is 67.9 cm³/mol. The number of nitro benzene ring substituents is 1. The van der Waals surface area contributed by atoms with Crippen LogP contribution in [-0.4, -0.2) is 24.7 Å². The third kappa shape index (κ3) is 2.00. The summed E-state index contributed by atoms with van der Waals surface area (Å²) in [6.07, 6.45) is 0. The highest BCUT2D eigenvalue weighted by molar-refractivity contribution is 6.29. The summed E-state index contributed by atoms with van der Waals surface area (Å²) in [5.41, 5.74) is 1.24. The van der Waals surface area contributed by atoms with Crippen LogP contribution in [0.4, 0.5) is 5.69 Å². The zero-order chi connectivity index (χ0) is 13.4. The van der Waals surface area contributed by atoms with Crippen LogP contribution in [0.3, 0.4) is 0 Å². The lowest BCUT2D eigenvalue weighted by atomic mass is 10.2. The molecule has 0 saturated carbocycles. The van der Waals surface area contributed by atoms with Gasteiger partial charge in [0.25, 0.3) is 5.69 Å². The standard InChI is InChI=1S/C11H6ClN5O2/c12-9-5-6-10-13-14-11(16(10)15-9)7-1-3-8(4-2-7)17(18)19/h1-6H. The summed E-state index contributed by atoms with van der Waals surface area (Å²) in [6.45, 7) is 0. The van der Waals surface area contributed by atoms with Gasteiger partial charge >= 0.3 is 0 Å². The first kappa shape index (κ1) is 11.5. The summed E-state index contributed by atoms with van der Waals surface area (Å²) in [7, 11) is 0. The molecule has 0 aliphatic carbocycles. The van der Waals surface area contributed by atoms with Gasteiger partial charge in [0.05, 0.1) is 4.92 Å². The lowest BCUT2D eigenvalue weighted by Gasteiger charge is -1.99. The first-order chi connectivity index (χ1) is 9.15. The SMILES string of the molecule is O=[N+]([O-])c1ccc(-c2nnc3ccc(Cl)nn23)cc1. The Kier molecular flexibility index (Phi) is 2.60. The minimum absolute atomic E-state index is 0.0172. The van der Waals surface area contributed by atoms with Crippen molar-refractivity contribution in [2.75, 3.05) is 0 Å². The van der Waals surface area contributed by atoms with E-state index in [1.54, 1.807) is 24.3 Å². The van der Waals surface area contributed by atoms with Gasteiger partial charge in [0.2, 0.25) is 0 Å². The third-order valence-electron chi connectivity index (χ3n) is 2.57. The molecule has 0 amide bonds. The largest absolute Gasteiger partial charge is 0.269 e. The molecule has 3 rings (SSSR count). The van der Waals surface area contributed by atoms with Gasteiger partial charge in [-0.05, 0) is 24.3 Å². The number of hydrogen-bond acceptors (Lipinski definition) is 5. The van der Waals surface area contributed by atoms with Gasteiger partial charge in [0.15, 0.2) is 11.5 Å². The number of benzene rings is 1. The van der Waals surface area contributed by atoms with Crippen LogP contribution >= 0.6 is 11.6 Å². The molecular weight excluding hydrogens is 270 g/mol. The molecule has 0 radical (unpaired) electrons. The molecule has 7 nitrogen and oxygen atoms in total. The van der Waals surface area contributed by atoms with Crippen molar-refractivity contribution in [3.63, 3.8) is 0 Å². The van der Waals surface area contributed by atoms with E-state index in [0.717, 1.165) is 0 Å². The fourth-order valence-corrected chi connectivity index (χ4v) is 1.82. The van der Waals surface area contributed by atoms with Crippen molar-refractivity contribution in [1.29, 1.82) is 0 Å². The maximum absolute atomic E-state index is 10.6. The van der Waals surface area contributed by atoms with Gasteiger partial charge in [0.1, 0.15) is 5.15 Å². The van der Waals surface area contributed by atoms with E-state index in [4.69, 9.17) is 11.6 Å². The molecule has 3 aromatic rings. The highest BCUT2D eigenvalue weighted by Gasteiger charge is 2.11. The fraction of sp³-hybridized carbons (Fsp3) is 0. The molecule has 0 saturated heterocycles. The smallest absolute Gasteiger partial charge is 0.258 e. The van der Waals surface area contributed by atoms with E-state index >= 15 is 0 Å². The van der Waals surface area contributed by atoms with Gasteiger partial charge in [-0.3, -0.25) is 10.1 Å². The summed E-state index contributed by atoms with van der Waals surface area (Å²) in [6, 6.07) is 9.30. The number of nitrogens with zero attached hydrogens (tertiary/aromatic N) is 5. The minimum atomic E-state index is -0.458. The Bertz CT molecular complexity index is 768. The van der Waals surface area contributed by atoms with E-state index in [2.05, 4.69) is 15.3 Å². The van der Waals surface area contributed by atoms with Crippen molar-refractivity contribution in [2.45, 2.75) is 0 Å².